The van der Waals surface area contributed by atoms with Gasteiger partial charge in [-0.3, -0.25) is 9.69 Å². The van der Waals surface area contributed by atoms with E-state index in [2.05, 4.69) is 21.3 Å². The first-order valence-corrected chi connectivity index (χ1v) is 8.17. The Morgan fingerprint density at radius 2 is 2.33 bits per heavy atom. The SMILES string of the molecule is CNc1ncccc1CN1CCOC(COC)(CC(=O)N(C)C)C1. The van der Waals surface area contributed by atoms with Crippen molar-refractivity contribution >= 4 is 11.7 Å². The number of hydrogen-bond donors (Lipinski definition) is 1. The number of anilines is 1. The molecule has 1 aromatic heterocycles. The smallest absolute Gasteiger partial charge is 0.225 e. The number of nitrogens with one attached hydrogen (secondary N) is 1. The average Bonchev–Trinajstić information content (AvgIpc) is 2.55. The molecule has 2 rings (SSSR count). The fraction of sp³-hybridized carbons (Fsp3) is 0.647. The van der Waals surface area contributed by atoms with Crippen LogP contribution >= 0.6 is 0 Å². The summed E-state index contributed by atoms with van der Waals surface area (Å²) >= 11 is 0. The lowest BCUT2D eigenvalue weighted by atomic mass is 9.96. The van der Waals surface area contributed by atoms with Gasteiger partial charge in [-0.05, 0) is 6.07 Å². The molecule has 24 heavy (non-hydrogen) atoms. The number of morpholine rings is 1. The largest absolute Gasteiger partial charge is 0.382 e. The van der Waals surface area contributed by atoms with Gasteiger partial charge in [-0.2, -0.15) is 0 Å². The van der Waals surface area contributed by atoms with Crippen LogP contribution in [0.25, 0.3) is 0 Å². The third-order valence-corrected chi connectivity index (χ3v) is 4.23. The van der Waals surface area contributed by atoms with Crippen LogP contribution in [0.1, 0.15) is 12.0 Å². The molecule has 1 amide bonds. The molecule has 0 spiro atoms. The van der Waals surface area contributed by atoms with Crippen LogP contribution in [0.2, 0.25) is 0 Å². The highest BCUT2D eigenvalue weighted by Gasteiger charge is 2.39. The van der Waals surface area contributed by atoms with E-state index in [1.807, 2.05) is 13.1 Å². The Kier molecular flexibility index (Phi) is 6.53. The number of rotatable bonds is 7. The molecule has 134 valence electrons. The van der Waals surface area contributed by atoms with Crippen molar-refractivity contribution in [3.8, 4) is 0 Å². The molecule has 7 nitrogen and oxygen atoms in total. The molecule has 1 saturated heterocycles. The normalized spacial score (nSPS) is 21.5. The number of pyridine rings is 1. The van der Waals surface area contributed by atoms with Crippen LogP contribution in [0.15, 0.2) is 18.3 Å². The second-order valence-electron chi connectivity index (χ2n) is 6.40. The van der Waals surface area contributed by atoms with Gasteiger partial charge in [-0.1, -0.05) is 6.07 Å². The number of carbonyl (C=O) groups excluding carboxylic acids is 1. The molecule has 0 bridgehead atoms. The summed E-state index contributed by atoms with van der Waals surface area (Å²) in [6.07, 6.45) is 2.09. The second kappa shape index (κ2) is 8.41. The monoisotopic (exact) mass is 336 g/mol. The number of methoxy groups -OCH3 is 1. The lowest BCUT2D eigenvalue weighted by Gasteiger charge is -2.42. The Balaban J connectivity index is 2.11. The van der Waals surface area contributed by atoms with Crippen molar-refractivity contribution < 1.29 is 14.3 Å². The summed E-state index contributed by atoms with van der Waals surface area (Å²) in [4.78, 5) is 20.5. The van der Waals surface area contributed by atoms with Gasteiger partial charge in [0.2, 0.25) is 5.91 Å². The number of hydrogen-bond acceptors (Lipinski definition) is 6. The van der Waals surface area contributed by atoms with E-state index in [1.54, 1.807) is 32.3 Å². The molecular formula is C17H28N4O3. The van der Waals surface area contributed by atoms with Gasteiger partial charge in [-0.25, -0.2) is 4.98 Å². The van der Waals surface area contributed by atoms with E-state index in [0.29, 0.717) is 26.2 Å². The molecule has 1 N–H and O–H groups in total. The number of nitrogens with zero attached hydrogens (tertiary/aromatic N) is 3. The molecule has 1 unspecified atom stereocenters. The zero-order valence-corrected chi connectivity index (χ0v) is 15.0. The third-order valence-electron chi connectivity index (χ3n) is 4.23. The fourth-order valence-electron chi connectivity index (χ4n) is 3.03. The van der Waals surface area contributed by atoms with Gasteiger partial charge >= 0.3 is 0 Å². The van der Waals surface area contributed by atoms with Gasteiger partial charge in [0.05, 0.1) is 19.6 Å². The molecule has 1 aliphatic heterocycles. The third kappa shape index (κ3) is 4.66. The first kappa shape index (κ1) is 18.6. The molecule has 2 heterocycles. The van der Waals surface area contributed by atoms with Crippen molar-refractivity contribution in [2.75, 3.05) is 59.9 Å². The van der Waals surface area contributed by atoms with Crippen LogP contribution in [0, 0.1) is 0 Å². The van der Waals surface area contributed by atoms with E-state index in [9.17, 15) is 4.79 Å². The van der Waals surface area contributed by atoms with Gasteiger partial charge in [0.25, 0.3) is 0 Å². The summed E-state index contributed by atoms with van der Waals surface area (Å²) in [5.74, 6) is 0.928. The minimum absolute atomic E-state index is 0.0474. The van der Waals surface area contributed by atoms with Crippen LogP contribution in [0.4, 0.5) is 5.82 Å². The number of ether oxygens (including phenoxy) is 2. The Bertz CT molecular complexity index is 548. The molecule has 1 aromatic rings. The minimum atomic E-state index is -0.601. The van der Waals surface area contributed by atoms with Gasteiger partial charge in [-0.15, -0.1) is 0 Å². The maximum absolute atomic E-state index is 12.2. The minimum Gasteiger partial charge on any atom is -0.382 e. The lowest BCUT2D eigenvalue weighted by Crippen LogP contribution is -2.55. The van der Waals surface area contributed by atoms with E-state index in [4.69, 9.17) is 9.47 Å². The van der Waals surface area contributed by atoms with Crippen molar-refractivity contribution in [3.63, 3.8) is 0 Å². The standard InChI is InChI=1S/C17H28N4O3/c1-18-16-14(6-5-7-19-16)11-21-8-9-24-17(12-21,13-23-4)10-15(22)20(2)3/h5-7H,8-13H2,1-4H3,(H,18,19). The first-order valence-electron chi connectivity index (χ1n) is 8.17. The van der Waals surface area contributed by atoms with E-state index in [-0.39, 0.29) is 5.91 Å². The van der Waals surface area contributed by atoms with Gasteiger partial charge in [0, 0.05) is 59.6 Å². The lowest BCUT2D eigenvalue weighted by molar-refractivity contribution is -0.160. The molecule has 0 aliphatic carbocycles. The maximum atomic E-state index is 12.2. The van der Waals surface area contributed by atoms with E-state index < -0.39 is 5.60 Å². The predicted octanol–water partition coefficient (Wildman–Crippen LogP) is 0.819. The highest BCUT2D eigenvalue weighted by Crippen LogP contribution is 2.25. The molecule has 0 radical (unpaired) electrons. The number of aromatic nitrogens is 1. The van der Waals surface area contributed by atoms with E-state index in [1.165, 1.54) is 0 Å². The molecule has 0 saturated carbocycles. The molecule has 1 aliphatic rings. The molecule has 7 heteroatoms. The summed E-state index contributed by atoms with van der Waals surface area (Å²) in [5, 5.41) is 3.12. The molecule has 1 atom stereocenters. The number of carbonyl (C=O) groups is 1. The molecular weight excluding hydrogens is 308 g/mol. The Labute approximate surface area is 143 Å². The maximum Gasteiger partial charge on any atom is 0.225 e. The Hall–Kier alpha value is -1.70. The Morgan fingerprint density at radius 1 is 1.54 bits per heavy atom. The summed E-state index contributed by atoms with van der Waals surface area (Å²) in [6, 6.07) is 4.01. The second-order valence-corrected chi connectivity index (χ2v) is 6.40. The van der Waals surface area contributed by atoms with Crippen molar-refractivity contribution in [1.29, 1.82) is 0 Å². The van der Waals surface area contributed by atoms with Crippen molar-refractivity contribution in [3.05, 3.63) is 23.9 Å². The zero-order valence-electron chi connectivity index (χ0n) is 15.0. The number of amides is 1. The summed E-state index contributed by atoms with van der Waals surface area (Å²) < 4.78 is 11.4. The van der Waals surface area contributed by atoms with Gasteiger partial charge in [0.1, 0.15) is 11.4 Å². The Morgan fingerprint density at radius 3 is 3.00 bits per heavy atom. The van der Waals surface area contributed by atoms with Crippen LogP contribution in [-0.4, -0.2) is 80.8 Å². The van der Waals surface area contributed by atoms with Crippen LogP contribution < -0.4 is 5.32 Å². The highest BCUT2D eigenvalue weighted by atomic mass is 16.5. The van der Waals surface area contributed by atoms with Crippen LogP contribution in [0.5, 0.6) is 0 Å². The van der Waals surface area contributed by atoms with Crippen molar-refractivity contribution in [1.82, 2.24) is 14.8 Å². The van der Waals surface area contributed by atoms with Crippen LogP contribution in [0.3, 0.4) is 0 Å². The van der Waals surface area contributed by atoms with E-state index in [0.717, 1.165) is 24.5 Å². The summed E-state index contributed by atoms with van der Waals surface area (Å²) in [5.41, 5.74) is 0.531. The summed E-state index contributed by atoms with van der Waals surface area (Å²) in [6.45, 7) is 3.21. The van der Waals surface area contributed by atoms with E-state index >= 15 is 0 Å². The molecule has 1 fully saturated rings. The first-order chi connectivity index (χ1) is 11.5. The van der Waals surface area contributed by atoms with Crippen molar-refractivity contribution in [2.24, 2.45) is 0 Å². The topological polar surface area (TPSA) is 66.9 Å². The quantitative estimate of drug-likeness (QED) is 0.795. The zero-order chi connectivity index (χ0) is 17.6. The average molecular weight is 336 g/mol. The van der Waals surface area contributed by atoms with Gasteiger partial charge in [0.15, 0.2) is 0 Å². The van der Waals surface area contributed by atoms with Crippen molar-refractivity contribution in [2.45, 2.75) is 18.6 Å². The fourth-order valence-corrected chi connectivity index (χ4v) is 3.03. The van der Waals surface area contributed by atoms with Gasteiger partial charge < -0.3 is 19.7 Å². The summed E-state index contributed by atoms with van der Waals surface area (Å²) in [7, 11) is 7.04. The predicted molar refractivity (Wildman–Crippen MR) is 92.9 cm³/mol. The van der Waals surface area contributed by atoms with Crippen LogP contribution in [-0.2, 0) is 20.8 Å². The molecule has 0 aromatic carbocycles. The highest BCUT2D eigenvalue weighted by molar-refractivity contribution is 5.76.